The third-order valence-electron chi connectivity index (χ3n) is 5.34. The molecule has 0 unspecified atom stereocenters. The zero-order valence-corrected chi connectivity index (χ0v) is 28.3. The molecule has 19 heteroatoms. The molecule has 2 aromatic heterocycles. The summed E-state index contributed by atoms with van der Waals surface area (Å²) in [4.78, 5) is 32.4. The van der Waals surface area contributed by atoms with E-state index in [4.69, 9.17) is 0 Å². The van der Waals surface area contributed by atoms with Crippen molar-refractivity contribution in [2.45, 2.75) is 52.6 Å². The van der Waals surface area contributed by atoms with Crippen molar-refractivity contribution in [3.05, 3.63) is 107 Å². The van der Waals surface area contributed by atoms with Crippen molar-refractivity contribution in [2.24, 2.45) is 0 Å². The molecule has 0 spiro atoms. The fourth-order valence-corrected chi connectivity index (χ4v) is 3.30. The van der Waals surface area contributed by atoms with Crippen LogP contribution in [-0.4, -0.2) is 56.0 Å². The normalized spacial score (nSPS) is 10.7. The van der Waals surface area contributed by atoms with E-state index in [0.717, 1.165) is 31.8 Å². The molecule has 275 valence electrons. The zero-order chi connectivity index (χ0) is 35.3. The Morgan fingerprint density at radius 3 is 0.898 bits per heavy atom. The summed E-state index contributed by atoms with van der Waals surface area (Å²) in [5.41, 5.74) is 3.29. The van der Waals surface area contributed by atoms with Gasteiger partial charge in [-0.25, -0.2) is 0 Å². The van der Waals surface area contributed by atoms with Crippen molar-refractivity contribution in [1.82, 2.24) is 9.97 Å². The first-order valence-corrected chi connectivity index (χ1v) is 13.7. The molecule has 1 radical (unpaired) electrons. The van der Waals surface area contributed by atoms with Gasteiger partial charge in [-0.2, -0.15) is 0 Å². The molecule has 0 bridgehead atoms. The van der Waals surface area contributed by atoms with E-state index in [9.17, 15) is 44.3 Å². The number of nitrogens with zero attached hydrogens (tertiary/aromatic N) is 4. The smallest absolute Gasteiger partial charge is 0.418 e. The molecular weight excluding hydrogens is 718 g/mol. The SMILES string of the molecule is CC(C)(C)[N+](=O)c1ccc(-c2ccccc2)cn1.CC(C)(C)[N+](=O)c1ccc(-c2ccccc2)cn1.F[B-](F)(F)F.F[B-](F)(F)F.O.O.[Cu]. The van der Waals surface area contributed by atoms with Crippen molar-refractivity contribution in [2.75, 3.05) is 0 Å². The summed E-state index contributed by atoms with van der Waals surface area (Å²) in [6, 6.07) is 27.4. The Balaban J connectivity index is -0.000000648. The van der Waals surface area contributed by atoms with Crippen molar-refractivity contribution in [3.8, 4) is 22.3 Å². The van der Waals surface area contributed by atoms with Gasteiger partial charge < -0.3 is 45.5 Å². The van der Waals surface area contributed by atoms with Gasteiger partial charge in [0.05, 0.1) is 0 Å². The van der Waals surface area contributed by atoms with Gasteiger partial charge in [0.1, 0.15) is 23.5 Å². The van der Waals surface area contributed by atoms with Crippen LogP contribution in [0.1, 0.15) is 41.5 Å². The van der Waals surface area contributed by atoms with Crippen molar-refractivity contribution < 1.29 is 72.1 Å². The van der Waals surface area contributed by atoms with Gasteiger partial charge in [0.25, 0.3) is 0 Å². The van der Waals surface area contributed by atoms with E-state index in [1.807, 2.05) is 114 Å². The average molecular weight is 756 g/mol. The summed E-state index contributed by atoms with van der Waals surface area (Å²) in [5.74, 6) is 0.893. The summed E-state index contributed by atoms with van der Waals surface area (Å²) in [6.07, 6.45) is 3.47. The van der Waals surface area contributed by atoms with Crippen LogP contribution in [0, 0.1) is 9.81 Å². The summed E-state index contributed by atoms with van der Waals surface area (Å²) < 4.78 is 79.9. The Kier molecular flexibility index (Phi) is 21.3. The molecule has 4 aromatic rings. The number of pyridine rings is 2. The van der Waals surface area contributed by atoms with Gasteiger partial charge in [-0.15, -0.1) is 0 Å². The molecule has 0 aliphatic heterocycles. The van der Waals surface area contributed by atoms with Crippen LogP contribution in [0.4, 0.5) is 46.2 Å². The average Bonchev–Trinajstić information content (AvgIpc) is 2.95. The molecule has 0 amide bonds. The molecule has 0 fully saturated rings. The molecule has 4 rings (SSSR count). The predicted molar refractivity (Wildman–Crippen MR) is 173 cm³/mol. The molecule has 2 aromatic carbocycles. The Bertz CT molecular complexity index is 1390. The Hall–Kier alpha value is -4.05. The number of benzene rings is 2. The number of hydrogen-bond acceptors (Lipinski definition) is 4. The molecular formula is C30H38B2CuF8N4O4. The molecule has 0 aliphatic rings. The van der Waals surface area contributed by atoms with Gasteiger partial charge in [-0.05, 0) is 84.3 Å². The first-order chi connectivity index (χ1) is 21.0. The number of aromatic nitrogens is 2. The van der Waals surface area contributed by atoms with Gasteiger partial charge in [-0.1, -0.05) is 70.5 Å². The van der Waals surface area contributed by atoms with Crippen LogP contribution in [0.15, 0.2) is 97.3 Å². The minimum atomic E-state index is -6.00. The number of nitroso groups, excluding NO2 is 2. The van der Waals surface area contributed by atoms with Crippen LogP contribution >= 0.6 is 0 Å². The second-order valence-electron chi connectivity index (χ2n) is 11.5. The van der Waals surface area contributed by atoms with Gasteiger partial charge in [0.15, 0.2) is 0 Å². The zero-order valence-electron chi connectivity index (χ0n) is 27.3. The molecule has 0 saturated carbocycles. The minimum absolute atomic E-state index is 0. The predicted octanol–water partition coefficient (Wildman–Crippen LogP) is 8.86. The summed E-state index contributed by atoms with van der Waals surface area (Å²) in [7, 11) is -12.0. The summed E-state index contributed by atoms with van der Waals surface area (Å²) in [5, 5.41) is 0. The van der Waals surface area contributed by atoms with E-state index < -0.39 is 25.6 Å². The van der Waals surface area contributed by atoms with Gasteiger partial charge in [-0.3, -0.25) is 0 Å². The van der Waals surface area contributed by atoms with E-state index in [-0.39, 0.29) is 28.0 Å². The fourth-order valence-electron chi connectivity index (χ4n) is 3.30. The van der Waals surface area contributed by atoms with Gasteiger partial charge >= 0.3 is 26.1 Å². The van der Waals surface area contributed by atoms with E-state index in [0.29, 0.717) is 11.6 Å². The number of halogens is 8. The van der Waals surface area contributed by atoms with Gasteiger partial charge in [0.2, 0.25) is 0 Å². The van der Waals surface area contributed by atoms with E-state index in [1.165, 1.54) is 0 Å². The molecule has 2 heterocycles. The minimum Gasteiger partial charge on any atom is -0.418 e. The monoisotopic (exact) mass is 755 g/mol. The molecule has 4 N–H and O–H groups in total. The fraction of sp³-hybridized carbons (Fsp3) is 0.267. The van der Waals surface area contributed by atoms with Crippen LogP contribution in [0.3, 0.4) is 0 Å². The van der Waals surface area contributed by atoms with Crippen LogP contribution in [-0.2, 0) is 17.1 Å². The van der Waals surface area contributed by atoms with Crippen LogP contribution in [0.2, 0.25) is 0 Å². The van der Waals surface area contributed by atoms with Crippen molar-refractivity contribution in [1.29, 1.82) is 0 Å². The maximum atomic E-state index is 12.0. The van der Waals surface area contributed by atoms with Crippen molar-refractivity contribution in [3.63, 3.8) is 0 Å². The first-order valence-electron chi connectivity index (χ1n) is 13.7. The molecule has 0 saturated heterocycles. The van der Waals surface area contributed by atoms with Gasteiger partial charge in [0, 0.05) is 40.3 Å². The third-order valence-corrected chi connectivity index (χ3v) is 5.34. The second kappa shape index (κ2) is 21.1. The summed E-state index contributed by atoms with van der Waals surface area (Å²) in [6.45, 7) is 11.2. The quantitative estimate of drug-likeness (QED) is 0.117. The molecule has 8 nitrogen and oxygen atoms in total. The third kappa shape index (κ3) is 21.5. The van der Waals surface area contributed by atoms with E-state index in [2.05, 4.69) is 9.97 Å². The first kappa shape index (κ1) is 49.3. The second-order valence-corrected chi connectivity index (χ2v) is 11.5. The largest absolute Gasteiger partial charge is 0.673 e. The maximum Gasteiger partial charge on any atom is 0.673 e. The Morgan fingerprint density at radius 1 is 0.469 bits per heavy atom. The van der Waals surface area contributed by atoms with Crippen LogP contribution in [0.25, 0.3) is 22.3 Å². The molecule has 49 heavy (non-hydrogen) atoms. The Labute approximate surface area is 289 Å². The molecule has 0 aliphatic carbocycles. The topological polar surface area (TPSA) is 129 Å². The summed E-state index contributed by atoms with van der Waals surface area (Å²) >= 11 is 0. The van der Waals surface area contributed by atoms with Crippen LogP contribution in [0.5, 0.6) is 0 Å². The number of hydrogen-bond donors (Lipinski definition) is 0. The Morgan fingerprint density at radius 2 is 0.714 bits per heavy atom. The number of rotatable bonds is 4. The standard InChI is InChI=1S/2C15H17N2O.2BF4.Cu.2H2O/c2*1-15(2,3)17(18)14-10-9-13(11-16-14)12-7-5-4-6-8-12;2*2-1(3,4)5;;;/h2*4-11H,1-3H3;;;;2*1H2/q2*+1;2*-1;;;. The van der Waals surface area contributed by atoms with Crippen LogP contribution < -0.4 is 0 Å². The van der Waals surface area contributed by atoms with Crippen molar-refractivity contribution >= 4 is 26.1 Å². The maximum absolute atomic E-state index is 12.0. The van der Waals surface area contributed by atoms with E-state index in [1.54, 1.807) is 24.5 Å². The molecule has 0 atom stereocenters. The van der Waals surface area contributed by atoms with E-state index >= 15 is 0 Å².